The van der Waals surface area contributed by atoms with E-state index in [9.17, 15) is 22.8 Å². The zero-order valence-electron chi connectivity index (χ0n) is 20.2. The monoisotopic (exact) mass is 500 g/mol. The van der Waals surface area contributed by atoms with E-state index in [1.54, 1.807) is 11.0 Å². The van der Waals surface area contributed by atoms with Gasteiger partial charge in [-0.3, -0.25) is 19.0 Å². The van der Waals surface area contributed by atoms with Crippen LogP contribution in [0.4, 0.5) is 5.69 Å². The number of sulfone groups is 1. The number of anilines is 1. The minimum atomic E-state index is -3.12. The zero-order chi connectivity index (χ0) is 25.2. The van der Waals surface area contributed by atoms with E-state index in [4.69, 9.17) is 0 Å². The van der Waals surface area contributed by atoms with Crippen LogP contribution in [0, 0.1) is 6.92 Å². The van der Waals surface area contributed by atoms with Gasteiger partial charge in [0.15, 0.2) is 0 Å². The summed E-state index contributed by atoms with van der Waals surface area (Å²) >= 11 is 0. The van der Waals surface area contributed by atoms with Crippen LogP contribution >= 0.6 is 0 Å². The number of benzene rings is 1. The Morgan fingerprint density at radius 1 is 1.03 bits per heavy atom. The molecule has 10 heteroatoms. The fourth-order valence-electron chi connectivity index (χ4n) is 4.64. The van der Waals surface area contributed by atoms with Gasteiger partial charge in [-0.2, -0.15) is 0 Å². The van der Waals surface area contributed by atoms with Gasteiger partial charge in [-0.1, -0.05) is 29.8 Å². The third kappa shape index (κ3) is 5.75. The summed E-state index contributed by atoms with van der Waals surface area (Å²) in [6, 6.07) is 9.36. The van der Waals surface area contributed by atoms with E-state index in [1.807, 2.05) is 31.2 Å². The maximum Gasteiger partial charge on any atom is 0.272 e. The van der Waals surface area contributed by atoms with Gasteiger partial charge < -0.3 is 15.1 Å². The van der Waals surface area contributed by atoms with E-state index in [-0.39, 0.29) is 29.5 Å². The summed E-state index contributed by atoms with van der Waals surface area (Å²) in [5.74, 6) is -0.757. The van der Waals surface area contributed by atoms with Crippen molar-refractivity contribution in [3.05, 3.63) is 63.1 Å². The van der Waals surface area contributed by atoms with Gasteiger partial charge in [-0.15, -0.1) is 0 Å². The van der Waals surface area contributed by atoms with Crippen molar-refractivity contribution in [2.75, 3.05) is 43.1 Å². The average Bonchev–Trinajstić information content (AvgIpc) is 3.34. The summed E-state index contributed by atoms with van der Waals surface area (Å²) in [4.78, 5) is 43.4. The molecule has 0 aliphatic carbocycles. The number of rotatable bonds is 8. The van der Waals surface area contributed by atoms with E-state index >= 15 is 0 Å². The predicted molar refractivity (Wildman–Crippen MR) is 135 cm³/mol. The first kappa shape index (κ1) is 25.0. The third-order valence-electron chi connectivity index (χ3n) is 6.56. The summed E-state index contributed by atoms with van der Waals surface area (Å²) in [6.45, 7) is 4.64. The molecule has 9 nitrogen and oxygen atoms in total. The Labute approximate surface area is 205 Å². The van der Waals surface area contributed by atoms with Gasteiger partial charge in [0.2, 0.25) is 0 Å². The number of pyridine rings is 1. The summed E-state index contributed by atoms with van der Waals surface area (Å²) in [5.41, 5.74) is 2.49. The van der Waals surface area contributed by atoms with Gasteiger partial charge in [0.1, 0.15) is 21.1 Å². The van der Waals surface area contributed by atoms with Crippen molar-refractivity contribution in [3.8, 4) is 0 Å². The van der Waals surface area contributed by atoms with E-state index in [0.717, 1.165) is 37.1 Å². The lowest BCUT2D eigenvalue weighted by atomic mass is 10.1. The largest absolute Gasteiger partial charge is 0.370 e. The van der Waals surface area contributed by atoms with E-state index in [2.05, 4.69) is 10.2 Å². The van der Waals surface area contributed by atoms with Crippen molar-refractivity contribution in [1.29, 1.82) is 0 Å². The van der Waals surface area contributed by atoms with Crippen molar-refractivity contribution in [2.24, 2.45) is 0 Å². The molecule has 0 atom stereocenters. The summed E-state index contributed by atoms with van der Waals surface area (Å²) < 4.78 is 24.4. The van der Waals surface area contributed by atoms with Crippen LogP contribution in [-0.4, -0.2) is 67.9 Å². The van der Waals surface area contributed by atoms with Gasteiger partial charge in [-0.05, 0) is 37.8 Å². The molecular formula is C25H32N4O5S. The first-order chi connectivity index (χ1) is 16.6. The Kier molecular flexibility index (Phi) is 7.30. The van der Waals surface area contributed by atoms with E-state index < -0.39 is 21.3 Å². The van der Waals surface area contributed by atoms with Crippen molar-refractivity contribution in [1.82, 2.24) is 14.8 Å². The molecule has 1 aromatic heterocycles. The molecular weight excluding hydrogens is 468 g/mol. The molecule has 35 heavy (non-hydrogen) atoms. The van der Waals surface area contributed by atoms with Crippen LogP contribution in [-0.2, 0) is 22.9 Å². The van der Waals surface area contributed by atoms with Gasteiger partial charge in [0, 0.05) is 45.5 Å². The molecule has 1 saturated heterocycles. The fraction of sp³-hybridized carbons (Fsp3) is 0.480. The van der Waals surface area contributed by atoms with Crippen molar-refractivity contribution < 1.29 is 18.0 Å². The maximum atomic E-state index is 13.4. The Morgan fingerprint density at radius 3 is 2.37 bits per heavy atom. The summed E-state index contributed by atoms with van der Waals surface area (Å²) in [5, 5.41) is 2.84. The SMILES string of the molecule is Cc1ccc(CNC(=O)c2cc(N3CCCC3)c3n(c2=O)CCN(CCCS(C)(=O)=O)C3=O)cc1. The zero-order valence-corrected chi connectivity index (χ0v) is 21.1. The first-order valence-corrected chi connectivity index (χ1v) is 14.0. The number of aryl methyl sites for hydroxylation is 1. The molecule has 188 valence electrons. The number of carbonyl (C=O) groups is 2. The van der Waals surface area contributed by atoms with Crippen LogP contribution in [0.5, 0.6) is 0 Å². The van der Waals surface area contributed by atoms with Crippen LogP contribution in [0.2, 0.25) is 0 Å². The molecule has 1 N–H and O–H groups in total. The van der Waals surface area contributed by atoms with Gasteiger partial charge in [0.05, 0.1) is 11.4 Å². The van der Waals surface area contributed by atoms with Crippen molar-refractivity contribution in [3.63, 3.8) is 0 Å². The molecule has 2 aromatic rings. The van der Waals surface area contributed by atoms with Gasteiger partial charge in [-0.25, -0.2) is 8.42 Å². The van der Waals surface area contributed by atoms with E-state index in [1.165, 1.54) is 10.8 Å². The second kappa shape index (κ2) is 10.2. The minimum absolute atomic E-state index is 0.00264. The number of hydrogen-bond donors (Lipinski definition) is 1. The number of carbonyl (C=O) groups excluding carboxylic acids is 2. The van der Waals surface area contributed by atoms with Crippen LogP contribution in [0.15, 0.2) is 35.1 Å². The van der Waals surface area contributed by atoms with Gasteiger partial charge in [0.25, 0.3) is 17.4 Å². The summed E-state index contributed by atoms with van der Waals surface area (Å²) in [7, 11) is -3.12. The summed E-state index contributed by atoms with van der Waals surface area (Å²) in [6.07, 6.45) is 3.46. The number of nitrogens with zero attached hydrogens (tertiary/aromatic N) is 3. The predicted octanol–water partition coefficient (Wildman–Crippen LogP) is 1.58. The molecule has 3 heterocycles. The number of nitrogens with one attached hydrogen (secondary N) is 1. The molecule has 2 amide bonds. The standard InChI is InChI=1S/C25H32N4O5S/c1-18-6-8-19(9-7-18)17-26-23(30)20-16-21(27-10-3-4-11-27)22-25(32)28(12-5-15-35(2,33)34)13-14-29(22)24(20)31/h6-9,16H,3-5,10-15,17H2,1-2H3,(H,26,30). The Hall–Kier alpha value is -3.14. The molecule has 0 unspecified atom stereocenters. The Bertz CT molecular complexity index is 1280. The second-order valence-electron chi connectivity index (χ2n) is 9.39. The highest BCUT2D eigenvalue weighted by Gasteiger charge is 2.33. The lowest BCUT2D eigenvalue weighted by Crippen LogP contribution is -2.47. The Morgan fingerprint density at radius 2 is 1.71 bits per heavy atom. The Balaban J connectivity index is 1.62. The topological polar surface area (TPSA) is 109 Å². The van der Waals surface area contributed by atoms with Crippen LogP contribution in [0.1, 0.15) is 51.2 Å². The van der Waals surface area contributed by atoms with Crippen LogP contribution in [0.25, 0.3) is 0 Å². The van der Waals surface area contributed by atoms with Crippen LogP contribution in [0.3, 0.4) is 0 Å². The minimum Gasteiger partial charge on any atom is -0.370 e. The number of aromatic nitrogens is 1. The number of hydrogen-bond acceptors (Lipinski definition) is 6. The fourth-order valence-corrected chi connectivity index (χ4v) is 5.29. The van der Waals surface area contributed by atoms with Crippen LogP contribution < -0.4 is 15.8 Å². The molecule has 0 spiro atoms. The molecule has 0 radical (unpaired) electrons. The number of fused-ring (bicyclic) bond motifs is 1. The molecule has 0 saturated carbocycles. The number of amides is 2. The lowest BCUT2D eigenvalue weighted by molar-refractivity contribution is 0.0700. The van der Waals surface area contributed by atoms with Crippen molar-refractivity contribution in [2.45, 2.75) is 39.3 Å². The molecule has 2 aliphatic rings. The lowest BCUT2D eigenvalue weighted by Gasteiger charge is -2.33. The quantitative estimate of drug-likeness (QED) is 0.590. The maximum absolute atomic E-state index is 13.4. The highest BCUT2D eigenvalue weighted by atomic mass is 32.2. The molecule has 0 bridgehead atoms. The van der Waals surface area contributed by atoms with E-state index in [0.29, 0.717) is 31.7 Å². The first-order valence-electron chi connectivity index (χ1n) is 12.0. The molecule has 4 rings (SSSR count). The molecule has 1 fully saturated rings. The highest BCUT2D eigenvalue weighted by molar-refractivity contribution is 7.90. The second-order valence-corrected chi connectivity index (χ2v) is 11.6. The molecule has 2 aliphatic heterocycles. The average molecular weight is 501 g/mol. The third-order valence-corrected chi connectivity index (χ3v) is 7.59. The van der Waals surface area contributed by atoms with Gasteiger partial charge >= 0.3 is 0 Å². The van der Waals surface area contributed by atoms with Crippen molar-refractivity contribution >= 4 is 27.3 Å². The highest BCUT2D eigenvalue weighted by Crippen LogP contribution is 2.28. The smallest absolute Gasteiger partial charge is 0.272 e. The normalized spacial score (nSPS) is 15.9. The molecule has 1 aromatic carbocycles.